The lowest BCUT2D eigenvalue weighted by molar-refractivity contribution is -2.00. The van der Waals surface area contributed by atoms with Gasteiger partial charge in [0.15, 0.2) is 0 Å². The Kier molecular flexibility index (Phi) is 6.62. The van der Waals surface area contributed by atoms with Gasteiger partial charge in [0.25, 0.3) is 5.84 Å². The van der Waals surface area contributed by atoms with E-state index in [0.29, 0.717) is 0 Å². The van der Waals surface area contributed by atoms with E-state index in [4.69, 9.17) is 18.6 Å². The summed E-state index contributed by atoms with van der Waals surface area (Å²) in [4.78, 5) is 2.53. The van der Waals surface area contributed by atoms with Gasteiger partial charge in [0, 0.05) is 11.1 Å². The molecule has 146 valence electrons. The van der Waals surface area contributed by atoms with Gasteiger partial charge in [-0.15, -0.1) is 10.2 Å². The molecule has 27 heavy (non-hydrogen) atoms. The minimum Gasteiger partial charge on any atom is -0.270 e. The van der Waals surface area contributed by atoms with E-state index in [1.54, 1.807) is 0 Å². The monoisotopic (exact) mass is 392 g/mol. The summed E-state index contributed by atoms with van der Waals surface area (Å²) in [5.41, 5.74) is 2.94. The normalized spacial score (nSPS) is 15.7. The predicted octanol–water partition coefficient (Wildman–Crippen LogP) is -0.968. The zero-order valence-electron chi connectivity index (χ0n) is 16.0. The molecule has 1 aliphatic rings. The lowest BCUT2D eigenvalue weighted by Gasteiger charge is -2.46. The van der Waals surface area contributed by atoms with Crippen molar-refractivity contribution in [1.82, 2.24) is 4.90 Å². The molecule has 2 aromatic rings. The number of benzene rings is 2. The van der Waals surface area contributed by atoms with Crippen LogP contribution in [0.4, 0.5) is 0 Å². The van der Waals surface area contributed by atoms with Crippen molar-refractivity contribution in [3.8, 4) is 0 Å². The molecule has 6 nitrogen and oxygen atoms in total. The number of likely N-dealkylation sites (tertiary alicyclic amines) is 1. The summed E-state index contributed by atoms with van der Waals surface area (Å²) in [6, 6.07) is 21.9. The molecule has 2 aromatic carbocycles. The van der Waals surface area contributed by atoms with Gasteiger partial charge >= 0.3 is 0 Å². The molecule has 0 N–H and O–H groups in total. The molecule has 0 radical (unpaired) electrons. The van der Waals surface area contributed by atoms with Crippen molar-refractivity contribution >= 4 is 5.84 Å². The molecule has 0 unspecified atom stereocenters. The largest absolute Gasteiger partial charge is 0.270 e. The van der Waals surface area contributed by atoms with E-state index in [1.165, 1.54) is 17.0 Å². The molecule has 1 aliphatic heterocycles. The smallest absolute Gasteiger partial charge is 0.256 e. The second-order valence-electron chi connectivity index (χ2n) is 7.33. The Labute approximate surface area is 162 Å². The molecule has 1 fully saturated rings. The summed E-state index contributed by atoms with van der Waals surface area (Å²) >= 11 is 0. The fourth-order valence-corrected chi connectivity index (χ4v) is 3.77. The minimum atomic E-state index is -4.94. The first-order valence-corrected chi connectivity index (χ1v) is 9.77. The molecule has 3 rings (SSSR count). The summed E-state index contributed by atoms with van der Waals surface area (Å²) < 4.78 is 36.2. The van der Waals surface area contributed by atoms with Gasteiger partial charge in [-0.05, 0) is 13.8 Å². The van der Waals surface area contributed by atoms with Crippen LogP contribution in [0.1, 0.15) is 31.0 Å². The van der Waals surface area contributed by atoms with E-state index in [9.17, 15) is 0 Å². The standard InChI is InChI=1S/C20H25N2.ClHO4/c1-20(2)15-22(19(20)21(3)4)18(16-11-7-5-8-12-16)17-13-9-6-10-14-17;2-1(3,4)5/h5-14,18H,15H2,1-4H3;(H,2,3,4,5)/q+1;/p-1. The van der Waals surface area contributed by atoms with E-state index in [0.717, 1.165) is 6.54 Å². The third-order valence-corrected chi connectivity index (χ3v) is 4.41. The summed E-state index contributed by atoms with van der Waals surface area (Å²) in [5.74, 6) is 1.41. The van der Waals surface area contributed by atoms with Gasteiger partial charge < -0.3 is 0 Å². The van der Waals surface area contributed by atoms with Gasteiger partial charge in [-0.3, -0.25) is 9.48 Å². The third kappa shape index (κ3) is 5.76. The van der Waals surface area contributed by atoms with E-state index in [2.05, 4.69) is 98.1 Å². The number of hydrogen-bond donors (Lipinski definition) is 0. The van der Waals surface area contributed by atoms with Crippen LogP contribution in [0.15, 0.2) is 60.7 Å². The quantitative estimate of drug-likeness (QED) is 0.626. The molecule has 0 saturated carbocycles. The lowest BCUT2D eigenvalue weighted by atomic mass is 9.79. The molecular formula is C20H25ClN2O4. The van der Waals surface area contributed by atoms with Crippen LogP contribution in [0.3, 0.4) is 0 Å². The van der Waals surface area contributed by atoms with Crippen LogP contribution in [-0.2, 0) is 0 Å². The minimum absolute atomic E-state index is 0.241. The molecule has 0 aromatic heterocycles. The summed E-state index contributed by atoms with van der Waals surface area (Å²) in [6.45, 7) is 5.73. The van der Waals surface area contributed by atoms with Crippen LogP contribution in [0.5, 0.6) is 0 Å². The van der Waals surface area contributed by atoms with Crippen LogP contribution in [0, 0.1) is 15.7 Å². The Hall–Kier alpha value is -1.96. The van der Waals surface area contributed by atoms with Gasteiger partial charge in [0.2, 0.25) is 0 Å². The molecule has 0 atom stereocenters. The molecule has 0 spiro atoms. The first-order chi connectivity index (χ1) is 12.5. The summed E-state index contributed by atoms with van der Waals surface area (Å²) in [5, 5.41) is 0. The Bertz CT molecular complexity index is 724. The van der Waals surface area contributed by atoms with Crippen molar-refractivity contribution in [1.29, 1.82) is 0 Å². The van der Waals surface area contributed by atoms with Crippen molar-refractivity contribution in [2.24, 2.45) is 5.41 Å². The third-order valence-electron chi connectivity index (χ3n) is 4.41. The van der Waals surface area contributed by atoms with Crippen LogP contribution in [0.25, 0.3) is 0 Å². The van der Waals surface area contributed by atoms with Gasteiger partial charge in [0.05, 0.1) is 14.1 Å². The average Bonchev–Trinajstić information content (AvgIpc) is 2.54. The SMILES string of the molecule is C[N+](C)=C1N(C(c2ccccc2)c2ccccc2)CC1(C)C.[O-][Cl+3]([O-])([O-])[O-]. The average molecular weight is 393 g/mol. The Balaban J connectivity index is 0.000000465. The molecule has 1 saturated heterocycles. The summed E-state index contributed by atoms with van der Waals surface area (Å²) in [7, 11) is -0.646. The zero-order valence-corrected chi connectivity index (χ0v) is 16.7. The van der Waals surface area contributed by atoms with E-state index in [1.807, 2.05) is 0 Å². The maximum atomic E-state index is 8.49. The zero-order chi connectivity index (χ0) is 20.2. The van der Waals surface area contributed by atoms with Gasteiger partial charge in [-0.25, -0.2) is 18.6 Å². The molecule has 0 bridgehead atoms. The van der Waals surface area contributed by atoms with Crippen molar-refractivity contribution < 1.29 is 33.5 Å². The van der Waals surface area contributed by atoms with Crippen molar-refractivity contribution in [3.05, 3.63) is 71.8 Å². The van der Waals surface area contributed by atoms with Gasteiger partial charge in [-0.2, -0.15) is 0 Å². The highest BCUT2D eigenvalue weighted by molar-refractivity contribution is 5.89. The fraction of sp³-hybridized carbons (Fsp3) is 0.350. The van der Waals surface area contributed by atoms with E-state index >= 15 is 0 Å². The highest BCUT2D eigenvalue weighted by atomic mass is 35.7. The molecule has 0 aliphatic carbocycles. The highest BCUT2D eigenvalue weighted by Gasteiger charge is 2.53. The number of nitrogens with zero attached hydrogens (tertiary/aromatic N) is 2. The van der Waals surface area contributed by atoms with Crippen LogP contribution >= 0.6 is 0 Å². The molecule has 0 amide bonds. The second-order valence-corrected chi connectivity index (χ2v) is 8.09. The first-order valence-electron chi connectivity index (χ1n) is 8.54. The van der Waals surface area contributed by atoms with Crippen LogP contribution in [0.2, 0.25) is 0 Å². The van der Waals surface area contributed by atoms with Crippen LogP contribution in [-0.4, -0.2) is 36.0 Å². The Morgan fingerprint density at radius 1 is 0.852 bits per heavy atom. The second kappa shape index (κ2) is 8.37. The first kappa shape index (κ1) is 21.3. The van der Waals surface area contributed by atoms with Gasteiger partial charge in [0.1, 0.15) is 18.0 Å². The van der Waals surface area contributed by atoms with Gasteiger partial charge in [-0.1, -0.05) is 60.7 Å². The highest BCUT2D eigenvalue weighted by Crippen LogP contribution is 2.41. The van der Waals surface area contributed by atoms with Crippen molar-refractivity contribution in [3.63, 3.8) is 0 Å². The number of hydrogen-bond acceptors (Lipinski definition) is 4. The van der Waals surface area contributed by atoms with Crippen molar-refractivity contribution in [2.45, 2.75) is 19.9 Å². The van der Waals surface area contributed by atoms with E-state index < -0.39 is 10.2 Å². The lowest BCUT2D eigenvalue weighted by Crippen LogP contribution is -2.68. The van der Waals surface area contributed by atoms with E-state index in [-0.39, 0.29) is 11.5 Å². The van der Waals surface area contributed by atoms with Crippen molar-refractivity contribution in [2.75, 3.05) is 20.6 Å². The maximum absolute atomic E-state index is 8.49. The predicted molar refractivity (Wildman–Crippen MR) is 92.3 cm³/mol. The molecule has 7 heteroatoms. The Morgan fingerprint density at radius 2 is 1.22 bits per heavy atom. The molecular weight excluding hydrogens is 368 g/mol. The van der Waals surface area contributed by atoms with Crippen LogP contribution < -0.4 is 18.6 Å². The fourth-order valence-electron chi connectivity index (χ4n) is 3.77. The summed E-state index contributed by atoms with van der Waals surface area (Å²) in [6.07, 6.45) is 0. The number of halogens is 1. The molecule has 1 heterocycles. The maximum Gasteiger partial charge on any atom is 0.256 e. The number of rotatable bonds is 3. The Morgan fingerprint density at radius 3 is 1.52 bits per heavy atom. The number of amidine groups is 1. The topological polar surface area (TPSA) is 98.5 Å².